The molecule has 2 aromatic carbocycles. The van der Waals surface area contributed by atoms with Crippen molar-refractivity contribution < 1.29 is 24.2 Å². The summed E-state index contributed by atoms with van der Waals surface area (Å²) in [7, 11) is 1.58. The monoisotopic (exact) mass is 493 g/mol. The number of benzene rings is 2. The highest BCUT2D eigenvalue weighted by Crippen LogP contribution is 2.46. The summed E-state index contributed by atoms with van der Waals surface area (Å²) in [6, 6.07) is 14.5. The molecule has 1 saturated carbocycles. The van der Waals surface area contributed by atoms with Crippen molar-refractivity contribution in [1.82, 2.24) is 16.0 Å². The molecule has 1 aliphatic heterocycles. The van der Waals surface area contributed by atoms with Crippen LogP contribution in [-0.4, -0.2) is 60.6 Å². The lowest BCUT2D eigenvalue weighted by Crippen LogP contribution is -2.57. The van der Waals surface area contributed by atoms with Crippen LogP contribution in [0.25, 0.3) is 0 Å². The molecule has 2 aliphatic rings. The quantitative estimate of drug-likeness (QED) is 0.377. The topological polar surface area (TPSA) is 117 Å². The van der Waals surface area contributed by atoms with Crippen LogP contribution in [0.2, 0.25) is 0 Å². The van der Waals surface area contributed by atoms with Gasteiger partial charge in [0.2, 0.25) is 11.8 Å². The molecule has 36 heavy (non-hydrogen) atoms. The van der Waals surface area contributed by atoms with Gasteiger partial charge in [0.1, 0.15) is 17.8 Å². The molecular formula is C28H35N3O5. The highest BCUT2D eigenvalue weighted by Gasteiger charge is 2.48. The number of ether oxygens (including phenoxy) is 1. The molecule has 4 atom stereocenters. The summed E-state index contributed by atoms with van der Waals surface area (Å²) in [4.78, 5) is 39.8. The number of aliphatic hydroxyl groups excluding tert-OH is 1. The van der Waals surface area contributed by atoms with Crippen molar-refractivity contribution in [2.45, 2.75) is 63.3 Å². The van der Waals surface area contributed by atoms with Crippen molar-refractivity contribution >= 4 is 17.6 Å². The van der Waals surface area contributed by atoms with Gasteiger partial charge in [-0.2, -0.15) is 0 Å². The zero-order chi connectivity index (χ0) is 25.7. The first-order valence-corrected chi connectivity index (χ1v) is 12.5. The first-order valence-electron chi connectivity index (χ1n) is 12.5. The molecule has 0 radical (unpaired) electrons. The number of rotatable bonds is 11. The molecule has 192 valence electrons. The maximum absolute atomic E-state index is 13.6. The zero-order valence-corrected chi connectivity index (χ0v) is 20.8. The normalized spacial score (nSPS) is 21.8. The summed E-state index contributed by atoms with van der Waals surface area (Å²) in [6.07, 6.45) is 1.90. The van der Waals surface area contributed by atoms with Gasteiger partial charge in [-0.25, -0.2) is 0 Å². The summed E-state index contributed by atoms with van der Waals surface area (Å²) >= 11 is 0. The lowest BCUT2D eigenvalue weighted by atomic mass is 9.92. The van der Waals surface area contributed by atoms with Crippen molar-refractivity contribution in [3.8, 4) is 5.75 Å². The number of hydrogen-bond acceptors (Lipinski definition) is 6. The smallest absolute Gasteiger partial charge is 0.243 e. The number of carbonyl (C=O) groups is 3. The summed E-state index contributed by atoms with van der Waals surface area (Å²) < 4.78 is 5.22. The van der Waals surface area contributed by atoms with E-state index in [1.165, 1.54) is 0 Å². The summed E-state index contributed by atoms with van der Waals surface area (Å²) in [5, 5.41) is 18.9. The van der Waals surface area contributed by atoms with Gasteiger partial charge < -0.3 is 25.8 Å². The van der Waals surface area contributed by atoms with E-state index >= 15 is 0 Å². The minimum absolute atomic E-state index is 0.0158. The van der Waals surface area contributed by atoms with Crippen LogP contribution in [0.4, 0.5) is 0 Å². The van der Waals surface area contributed by atoms with Crippen LogP contribution >= 0.6 is 0 Å². The van der Waals surface area contributed by atoms with Gasteiger partial charge >= 0.3 is 0 Å². The Kier molecular flexibility index (Phi) is 8.06. The van der Waals surface area contributed by atoms with Crippen LogP contribution in [-0.2, 0) is 27.2 Å². The molecule has 2 aromatic rings. The van der Waals surface area contributed by atoms with Crippen LogP contribution in [0.15, 0.2) is 54.6 Å². The van der Waals surface area contributed by atoms with Crippen molar-refractivity contribution in [2.75, 3.05) is 13.7 Å². The Morgan fingerprint density at radius 3 is 2.22 bits per heavy atom. The van der Waals surface area contributed by atoms with Crippen LogP contribution in [0.1, 0.15) is 37.3 Å². The number of methoxy groups -OCH3 is 1. The first-order chi connectivity index (χ1) is 17.3. The average Bonchev–Trinajstić information content (AvgIpc) is 3.49. The minimum Gasteiger partial charge on any atom is -0.497 e. The Morgan fingerprint density at radius 1 is 1.00 bits per heavy atom. The van der Waals surface area contributed by atoms with Crippen LogP contribution in [0.5, 0.6) is 5.75 Å². The number of amides is 2. The maximum Gasteiger partial charge on any atom is 0.243 e. The molecule has 8 heteroatoms. The molecular weight excluding hydrogens is 458 g/mol. The predicted molar refractivity (Wildman–Crippen MR) is 135 cm³/mol. The van der Waals surface area contributed by atoms with Crippen molar-refractivity contribution in [3.05, 3.63) is 65.7 Å². The van der Waals surface area contributed by atoms with Gasteiger partial charge in [-0.3, -0.25) is 14.4 Å². The second kappa shape index (κ2) is 11.2. The largest absolute Gasteiger partial charge is 0.497 e. The standard InChI is InChI=1S/C28H35N3O5/c1-28(13-14-28)25(33)21(16-18-6-4-3-5-7-18)30-26(34)22(17-19-8-10-20(36-2)11-9-19)31-27(35)24-23(32)12-15-29-24/h3-11,21-24,29,32H,12-17H2,1-2H3,(H,30,34)(H,31,35)/t21-,22-,23-,24-/m0/s1. The number of ketones is 1. The lowest BCUT2D eigenvalue weighted by molar-refractivity contribution is -0.133. The molecule has 0 bridgehead atoms. The van der Waals surface area contributed by atoms with E-state index in [-0.39, 0.29) is 12.2 Å². The number of hydrogen-bond donors (Lipinski definition) is 4. The number of aliphatic hydroxyl groups is 1. The molecule has 0 unspecified atom stereocenters. The van der Waals surface area contributed by atoms with Crippen molar-refractivity contribution in [3.63, 3.8) is 0 Å². The van der Waals surface area contributed by atoms with Gasteiger partial charge in [0.05, 0.1) is 19.3 Å². The van der Waals surface area contributed by atoms with E-state index < -0.39 is 41.5 Å². The van der Waals surface area contributed by atoms with E-state index in [1.54, 1.807) is 19.2 Å². The fourth-order valence-corrected chi connectivity index (χ4v) is 4.61. The minimum atomic E-state index is -0.918. The van der Waals surface area contributed by atoms with Gasteiger partial charge in [0, 0.05) is 11.8 Å². The van der Waals surface area contributed by atoms with Crippen LogP contribution in [0, 0.1) is 5.41 Å². The Labute approximate surface area is 211 Å². The molecule has 0 aromatic heterocycles. The number of carbonyl (C=O) groups excluding carboxylic acids is 3. The average molecular weight is 494 g/mol. The van der Waals surface area contributed by atoms with Gasteiger partial charge in [-0.15, -0.1) is 0 Å². The maximum atomic E-state index is 13.6. The Balaban J connectivity index is 1.53. The van der Waals surface area contributed by atoms with Crippen LogP contribution < -0.4 is 20.7 Å². The second-order valence-corrected chi connectivity index (χ2v) is 10.1. The molecule has 1 aliphatic carbocycles. The highest BCUT2D eigenvalue weighted by molar-refractivity contribution is 5.97. The third-order valence-corrected chi connectivity index (χ3v) is 7.21. The van der Waals surface area contributed by atoms with E-state index in [0.29, 0.717) is 25.1 Å². The van der Waals surface area contributed by atoms with Gasteiger partial charge in [0.15, 0.2) is 5.78 Å². The Morgan fingerprint density at radius 2 is 1.64 bits per heavy atom. The molecule has 8 nitrogen and oxygen atoms in total. The number of nitrogens with one attached hydrogen (secondary N) is 3. The lowest BCUT2D eigenvalue weighted by Gasteiger charge is -2.26. The third kappa shape index (κ3) is 6.30. The van der Waals surface area contributed by atoms with Gasteiger partial charge in [-0.1, -0.05) is 49.4 Å². The predicted octanol–water partition coefficient (Wildman–Crippen LogP) is 1.54. The van der Waals surface area contributed by atoms with E-state index in [0.717, 1.165) is 24.0 Å². The number of Topliss-reactive ketones (excluding diaryl/α,β-unsaturated/α-hetero) is 1. The molecule has 0 spiro atoms. The van der Waals surface area contributed by atoms with Crippen molar-refractivity contribution in [2.24, 2.45) is 5.41 Å². The SMILES string of the molecule is COc1ccc(C[C@H](NC(=O)[C@H]2NCC[C@@H]2O)C(=O)N[C@@H](Cc2ccccc2)C(=O)C2(C)CC2)cc1. The van der Waals surface area contributed by atoms with Crippen molar-refractivity contribution in [1.29, 1.82) is 0 Å². The third-order valence-electron chi connectivity index (χ3n) is 7.21. The first kappa shape index (κ1) is 25.9. The summed E-state index contributed by atoms with van der Waals surface area (Å²) in [5.74, 6) is -0.158. The van der Waals surface area contributed by atoms with Gasteiger partial charge in [-0.05, 0) is 55.5 Å². The fourth-order valence-electron chi connectivity index (χ4n) is 4.61. The van der Waals surface area contributed by atoms with E-state index in [9.17, 15) is 19.5 Å². The Bertz CT molecular complexity index is 1070. The fraction of sp³-hybridized carbons (Fsp3) is 0.464. The highest BCUT2D eigenvalue weighted by atomic mass is 16.5. The summed E-state index contributed by atoms with van der Waals surface area (Å²) in [5.41, 5.74) is 1.37. The van der Waals surface area contributed by atoms with E-state index in [2.05, 4.69) is 16.0 Å². The van der Waals surface area contributed by atoms with E-state index in [4.69, 9.17) is 4.74 Å². The molecule has 1 saturated heterocycles. The second-order valence-electron chi connectivity index (χ2n) is 10.1. The van der Waals surface area contributed by atoms with E-state index in [1.807, 2.05) is 49.4 Å². The Hall–Kier alpha value is -3.23. The van der Waals surface area contributed by atoms with Crippen LogP contribution in [0.3, 0.4) is 0 Å². The molecule has 1 heterocycles. The zero-order valence-electron chi connectivity index (χ0n) is 20.8. The molecule has 2 fully saturated rings. The summed E-state index contributed by atoms with van der Waals surface area (Å²) in [6.45, 7) is 2.46. The molecule has 4 N–H and O–H groups in total. The molecule has 4 rings (SSSR count). The molecule has 2 amide bonds. The van der Waals surface area contributed by atoms with Gasteiger partial charge in [0.25, 0.3) is 0 Å².